The van der Waals surface area contributed by atoms with Crippen LogP contribution in [0.1, 0.15) is 16.7 Å². The monoisotopic (exact) mass is 328 g/mol. The molecule has 1 heterocycles. The number of fused-ring (bicyclic) bond motifs is 1. The Morgan fingerprint density at radius 3 is 2.42 bits per heavy atom. The molecule has 128 valence electrons. The highest BCUT2D eigenvalue weighted by Gasteiger charge is 2.19. The number of nitrogens with zero attached hydrogens (tertiary/aromatic N) is 1. The maximum atomic E-state index is 5.46. The Balaban J connectivity index is 1.57. The quantitative estimate of drug-likeness (QED) is 0.846. The van der Waals surface area contributed by atoms with E-state index in [1.165, 1.54) is 11.1 Å². The number of benzene rings is 2. The third-order valence-electron chi connectivity index (χ3n) is 3.90. The summed E-state index contributed by atoms with van der Waals surface area (Å²) in [6.07, 6.45) is 0. The topological polar surface area (TPSA) is 43.0 Å². The van der Waals surface area contributed by atoms with Gasteiger partial charge in [0.15, 0.2) is 11.5 Å². The van der Waals surface area contributed by atoms with E-state index < -0.39 is 0 Å². The molecule has 2 aromatic carbocycles. The van der Waals surface area contributed by atoms with Crippen LogP contribution in [-0.4, -0.2) is 32.9 Å². The van der Waals surface area contributed by atoms with E-state index in [9.17, 15) is 0 Å². The van der Waals surface area contributed by atoms with Crippen LogP contribution in [-0.2, 0) is 19.6 Å². The minimum atomic E-state index is 0.252. The van der Waals surface area contributed by atoms with Crippen LogP contribution in [0.3, 0.4) is 0 Å². The molecule has 0 amide bonds. The van der Waals surface area contributed by atoms with Gasteiger partial charge in [-0.1, -0.05) is 24.3 Å². The third kappa shape index (κ3) is 3.99. The first-order valence-corrected chi connectivity index (χ1v) is 8.05. The third-order valence-corrected chi connectivity index (χ3v) is 3.90. The van der Waals surface area contributed by atoms with E-state index >= 15 is 0 Å². The van der Waals surface area contributed by atoms with Crippen LogP contribution >= 0.6 is 0 Å². The average molecular weight is 328 g/mol. The minimum absolute atomic E-state index is 0.252. The predicted molar refractivity (Wildman–Crippen MR) is 93.5 cm³/mol. The number of rotatable bonds is 7. The number of hydrogen-bond donors (Lipinski definition) is 1. The molecule has 0 radical (unpaired) electrons. The van der Waals surface area contributed by atoms with E-state index in [0.717, 1.165) is 36.7 Å². The Hall–Kier alpha value is -2.24. The summed E-state index contributed by atoms with van der Waals surface area (Å²) in [6, 6.07) is 12.7. The van der Waals surface area contributed by atoms with Crippen molar-refractivity contribution in [3.05, 3.63) is 53.1 Å². The normalized spacial score (nSPS) is 12.7. The molecule has 0 aliphatic carbocycles. The Labute approximate surface area is 143 Å². The fourth-order valence-corrected chi connectivity index (χ4v) is 2.76. The highest BCUT2D eigenvalue weighted by atomic mass is 16.7. The van der Waals surface area contributed by atoms with Gasteiger partial charge in [-0.3, -0.25) is 0 Å². The fraction of sp³-hybridized carbons (Fsp3) is 0.368. The van der Waals surface area contributed by atoms with Crippen molar-refractivity contribution in [3.8, 4) is 17.2 Å². The summed E-state index contributed by atoms with van der Waals surface area (Å²) in [5, 5.41) is 3.46. The molecule has 0 saturated heterocycles. The molecule has 1 N–H and O–H groups in total. The standard InChI is InChI=1S/C19H24N2O3/c1-21(2)12-15-6-4-14(5-7-15)10-20-11-16-8-17(22-3)19-18(9-16)23-13-24-19/h4-9,20H,10-13H2,1-3H3. The Morgan fingerprint density at radius 2 is 1.71 bits per heavy atom. The number of ether oxygens (including phenoxy) is 3. The van der Waals surface area contributed by atoms with E-state index in [0.29, 0.717) is 5.75 Å². The van der Waals surface area contributed by atoms with Gasteiger partial charge in [0.2, 0.25) is 12.5 Å². The van der Waals surface area contributed by atoms with Gasteiger partial charge in [-0.05, 0) is 42.9 Å². The summed E-state index contributed by atoms with van der Waals surface area (Å²) in [7, 11) is 5.80. The lowest BCUT2D eigenvalue weighted by molar-refractivity contribution is 0.171. The molecule has 5 nitrogen and oxygen atoms in total. The molecule has 0 atom stereocenters. The molecule has 24 heavy (non-hydrogen) atoms. The molecular formula is C19H24N2O3. The van der Waals surface area contributed by atoms with E-state index in [-0.39, 0.29) is 6.79 Å². The van der Waals surface area contributed by atoms with E-state index in [4.69, 9.17) is 14.2 Å². The van der Waals surface area contributed by atoms with Crippen LogP contribution in [0.2, 0.25) is 0 Å². The van der Waals surface area contributed by atoms with Crippen molar-refractivity contribution in [2.24, 2.45) is 0 Å². The smallest absolute Gasteiger partial charge is 0.231 e. The Morgan fingerprint density at radius 1 is 1.00 bits per heavy atom. The zero-order valence-corrected chi connectivity index (χ0v) is 14.5. The van der Waals surface area contributed by atoms with E-state index in [1.54, 1.807) is 7.11 Å². The van der Waals surface area contributed by atoms with Crippen molar-refractivity contribution >= 4 is 0 Å². The second-order valence-corrected chi connectivity index (χ2v) is 6.19. The van der Waals surface area contributed by atoms with Crippen LogP contribution in [0.25, 0.3) is 0 Å². The summed E-state index contributed by atoms with van der Waals surface area (Å²) in [5.74, 6) is 2.16. The van der Waals surface area contributed by atoms with Crippen molar-refractivity contribution in [1.82, 2.24) is 10.2 Å². The summed E-state index contributed by atoms with van der Waals surface area (Å²) in [6.45, 7) is 2.78. The van der Waals surface area contributed by atoms with E-state index in [1.807, 2.05) is 12.1 Å². The van der Waals surface area contributed by atoms with Gasteiger partial charge in [0.25, 0.3) is 0 Å². The SMILES string of the molecule is COc1cc(CNCc2ccc(CN(C)C)cc2)cc2c1OCO2. The molecule has 2 aromatic rings. The van der Waals surface area contributed by atoms with E-state index in [2.05, 4.69) is 48.6 Å². The molecule has 0 spiro atoms. The lowest BCUT2D eigenvalue weighted by Crippen LogP contribution is -2.13. The molecule has 0 bridgehead atoms. The van der Waals surface area contributed by atoms with Crippen LogP contribution in [0.4, 0.5) is 0 Å². The highest BCUT2D eigenvalue weighted by Crippen LogP contribution is 2.41. The van der Waals surface area contributed by atoms with Crippen molar-refractivity contribution < 1.29 is 14.2 Å². The lowest BCUT2D eigenvalue weighted by Gasteiger charge is -2.11. The zero-order chi connectivity index (χ0) is 16.9. The number of nitrogens with one attached hydrogen (secondary N) is 1. The van der Waals surface area contributed by atoms with Crippen molar-refractivity contribution in [2.75, 3.05) is 28.0 Å². The van der Waals surface area contributed by atoms with Gasteiger partial charge in [-0.15, -0.1) is 0 Å². The first-order valence-electron chi connectivity index (χ1n) is 8.05. The highest BCUT2D eigenvalue weighted by molar-refractivity contribution is 5.55. The predicted octanol–water partition coefficient (Wildman–Crippen LogP) is 2.78. The van der Waals surface area contributed by atoms with Gasteiger partial charge in [0.05, 0.1) is 7.11 Å². The van der Waals surface area contributed by atoms with Crippen LogP contribution in [0.15, 0.2) is 36.4 Å². The molecule has 3 rings (SSSR count). The van der Waals surface area contributed by atoms with Crippen molar-refractivity contribution in [2.45, 2.75) is 19.6 Å². The molecule has 5 heteroatoms. The minimum Gasteiger partial charge on any atom is -0.493 e. The van der Waals surface area contributed by atoms with Gasteiger partial charge in [-0.25, -0.2) is 0 Å². The lowest BCUT2D eigenvalue weighted by atomic mass is 10.1. The van der Waals surface area contributed by atoms with Gasteiger partial charge in [0, 0.05) is 19.6 Å². The molecule has 1 aliphatic rings. The van der Waals surface area contributed by atoms with Gasteiger partial charge in [0.1, 0.15) is 0 Å². The summed E-state index contributed by atoms with van der Waals surface area (Å²) >= 11 is 0. The number of methoxy groups -OCH3 is 1. The molecule has 0 aromatic heterocycles. The van der Waals surface area contributed by atoms with Crippen LogP contribution in [0, 0.1) is 0 Å². The second kappa shape index (κ2) is 7.55. The zero-order valence-electron chi connectivity index (χ0n) is 14.5. The fourth-order valence-electron chi connectivity index (χ4n) is 2.76. The van der Waals surface area contributed by atoms with Gasteiger partial charge < -0.3 is 24.4 Å². The summed E-state index contributed by atoms with van der Waals surface area (Å²) in [4.78, 5) is 2.17. The molecule has 1 aliphatic heterocycles. The average Bonchev–Trinajstić information content (AvgIpc) is 3.04. The summed E-state index contributed by atoms with van der Waals surface area (Å²) < 4.78 is 16.2. The Bertz CT molecular complexity index is 684. The first kappa shape index (κ1) is 16.6. The molecule has 0 saturated carbocycles. The van der Waals surface area contributed by atoms with Gasteiger partial charge in [-0.2, -0.15) is 0 Å². The Kier molecular flexibility index (Phi) is 5.23. The maximum Gasteiger partial charge on any atom is 0.231 e. The first-order chi connectivity index (χ1) is 11.7. The second-order valence-electron chi connectivity index (χ2n) is 6.19. The molecular weight excluding hydrogens is 304 g/mol. The van der Waals surface area contributed by atoms with Crippen molar-refractivity contribution in [3.63, 3.8) is 0 Å². The van der Waals surface area contributed by atoms with Crippen LogP contribution < -0.4 is 19.5 Å². The largest absolute Gasteiger partial charge is 0.493 e. The molecule has 0 unspecified atom stereocenters. The van der Waals surface area contributed by atoms with Gasteiger partial charge >= 0.3 is 0 Å². The van der Waals surface area contributed by atoms with Crippen LogP contribution in [0.5, 0.6) is 17.2 Å². The number of hydrogen-bond acceptors (Lipinski definition) is 5. The van der Waals surface area contributed by atoms with Crippen molar-refractivity contribution in [1.29, 1.82) is 0 Å². The maximum absolute atomic E-state index is 5.46. The summed E-state index contributed by atoms with van der Waals surface area (Å²) in [5.41, 5.74) is 3.70. The molecule has 0 fully saturated rings.